The van der Waals surface area contributed by atoms with Gasteiger partial charge < -0.3 is 5.32 Å². The maximum Gasteiger partial charge on any atom is 0.131 e. The topological polar surface area (TPSA) is 29.9 Å². The summed E-state index contributed by atoms with van der Waals surface area (Å²) in [6, 6.07) is 3.61. The van der Waals surface area contributed by atoms with Crippen LogP contribution < -0.4 is 5.32 Å². The van der Waals surface area contributed by atoms with Crippen molar-refractivity contribution < 1.29 is 8.78 Å². The molecule has 3 rings (SSSR count). The van der Waals surface area contributed by atoms with Crippen molar-refractivity contribution in [1.29, 1.82) is 0 Å². The third-order valence-electron chi connectivity index (χ3n) is 2.88. The van der Waals surface area contributed by atoms with Crippen LogP contribution in [0.15, 0.2) is 24.4 Å². The van der Waals surface area contributed by atoms with Crippen LogP contribution in [0.5, 0.6) is 0 Å². The first kappa shape index (κ1) is 10.4. The average Bonchev–Trinajstić information content (AvgIpc) is 2.82. The van der Waals surface area contributed by atoms with Gasteiger partial charge in [0.2, 0.25) is 0 Å². The Balaban J connectivity index is 1.86. The van der Waals surface area contributed by atoms with Gasteiger partial charge in [-0.25, -0.2) is 8.78 Å². The molecule has 0 saturated heterocycles. The van der Waals surface area contributed by atoms with Crippen molar-refractivity contribution in [3.05, 3.63) is 52.9 Å². The van der Waals surface area contributed by atoms with E-state index in [9.17, 15) is 8.78 Å². The smallest absolute Gasteiger partial charge is 0.131 e. The van der Waals surface area contributed by atoms with Gasteiger partial charge in [0.05, 0.1) is 12.2 Å². The second-order valence-electron chi connectivity index (χ2n) is 4.14. The van der Waals surface area contributed by atoms with Crippen molar-refractivity contribution in [2.75, 3.05) is 0 Å². The monoisotopic (exact) mass is 235 g/mol. The summed E-state index contributed by atoms with van der Waals surface area (Å²) in [7, 11) is 0. The zero-order valence-electron chi connectivity index (χ0n) is 9.08. The second kappa shape index (κ2) is 3.92. The number of hydrogen-bond donors (Lipinski definition) is 1. The Hall–Kier alpha value is -1.75. The Morgan fingerprint density at radius 3 is 2.94 bits per heavy atom. The molecule has 2 heterocycles. The van der Waals surface area contributed by atoms with Crippen LogP contribution in [0.3, 0.4) is 0 Å². The van der Waals surface area contributed by atoms with E-state index in [0.29, 0.717) is 12.1 Å². The molecule has 1 aliphatic heterocycles. The first-order valence-electron chi connectivity index (χ1n) is 5.42. The van der Waals surface area contributed by atoms with Crippen molar-refractivity contribution in [3.63, 3.8) is 0 Å². The number of nitrogens with zero attached hydrogens (tertiary/aromatic N) is 2. The van der Waals surface area contributed by atoms with Crippen LogP contribution in [0, 0.1) is 11.6 Å². The fourth-order valence-corrected chi connectivity index (χ4v) is 2.02. The number of rotatable bonds is 2. The van der Waals surface area contributed by atoms with E-state index in [4.69, 9.17) is 0 Å². The van der Waals surface area contributed by atoms with Gasteiger partial charge in [-0.3, -0.25) is 4.68 Å². The number of hydrogen-bond acceptors (Lipinski definition) is 2. The molecule has 5 heteroatoms. The highest BCUT2D eigenvalue weighted by Gasteiger charge is 2.15. The average molecular weight is 235 g/mol. The van der Waals surface area contributed by atoms with Gasteiger partial charge in [0.25, 0.3) is 0 Å². The van der Waals surface area contributed by atoms with Gasteiger partial charge in [0, 0.05) is 36.5 Å². The Labute approximate surface area is 97.1 Å². The zero-order valence-corrected chi connectivity index (χ0v) is 9.08. The Morgan fingerprint density at radius 1 is 1.29 bits per heavy atom. The molecule has 1 aromatic carbocycles. The summed E-state index contributed by atoms with van der Waals surface area (Å²) in [6.07, 6.45) is 1.90. The van der Waals surface area contributed by atoms with E-state index in [2.05, 4.69) is 10.4 Å². The van der Waals surface area contributed by atoms with Crippen molar-refractivity contribution in [2.45, 2.75) is 19.6 Å². The summed E-state index contributed by atoms with van der Waals surface area (Å²) >= 11 is 0. The molecule has 3 nitrogen and oxygen atoms in total. The molecule has 17 heavy (non-hydrogen) atoms. The van der Waals surface area contributed by atoms with E-state index in [1.54, 1.807) is 4.68 Å². The predicted molar refractivity (Wildman–Crippen MR) is 58.2 cm³/mol. The van der Waals surface area contributed by atoms with E-state index in [-0.39, 0.29) is 0 Å². The van der Waals surface area contributed by atoms with Crippen molar-refractivity contribution >= 4 is 0 Å². The zero-order chi connectivity index (χ0) is 11.8. The van der Waals surface area contributed by atoms with E-state index >= 15 is 0 Å². The molecule has 0 bridgehead atoms. The lowest BCUT2D eigenvalue weighted by Gasteiger charge is -2.04. The molecule has 0 saturated carbocycles. The summed E-state index contributed by atoms with van der Waals surface area (Å²) in [5.74, 6) is -1.09. The van der Waals surface area contributed by atoms with E-state index in [0.717, 1.165) is 30.4 Å². The molecule has 0 radical (unpaired) electrons. The molecule has 0 unspecified atom stereocenters. The van der Waals surface area contributed by atoms with Gasteiger partial charge >= 0.3 is 0 Å². The maximum absolute atomic E-state index is 13.4. The summed E-state index contributed by atoms with van der Waals surface area (Å²) in [4.78, 5) is 0. The summed E-state index contributed by atoms with van der Waals surface area (Å²) < 4.78 is 27.9. The molecule has 1 N–H and O–H groups in total. The van der Waals surface area contributed by atoms with Crippen molar-refractivity contribution in [3.8, 4) is 0 Å². The molecule has 88 valence electrons. The second-order valence-corrected chi connectivity index (χ2v) is 4.14. The Kier molecular flexibility index (Phi) is 2.40. The molecule has 0 aliphatic carbocycles. The molecule has 0 spiro atoms. The first-order valence-corrected chi connectivity index (χ1v) is 5.42. The van der Waals surface area contributed by atoms with Gasteiger partial charge in [-0.2, -0.15) is 5.10 Å². The van der Waals surface area contributed by atoms with Crippen LogP contribution in [-0.2, 0) is 19.6 Å². The largest absolute Gasteiger partial charge is 0.307 e. The van der Waals surface area contributed by atoms with Crippen LogP contribution in [0.2, 0.25) is 0 Å². The molecule has 0 fully saturated rings. The fraction of sp³-hybridized carbons (Fsp3) is 0.250. The van der Waals surface area contributed by atoms with E-state index in [1.165, 1.54) is 12.1 Å². The molecule has 0 atom stereocenters. The van der Waals surface area contributed by atoms with Crippen LogP contribution in [0.4, 0.5) is 8.78 Å². The summed E-state index contributed by atoms with van der Waals surface area (Å²) in [5, 5.41) is 7.52. The normalized spacial score (nSPS) is 14.0. The van der Waals surface area contributed by atoms with E-state index < -0.39 is 11.6 Å². The lowest BCUT2D eigenvalue weighted by Crippen LogP contribution is -2.07. The SMILES string of the molecule is Fc1ccc(Cn2cc3c(n2)CNC3)c(F)c1. The van der Waals surface area contributed by atoms with Crippen molar-refractivity contribution in [2.24, 2.45) is 0 Å². The fourth-order valence-electron chi connectivity index (χ4n) is 2.02. The lowest BCUT2D eigenvalue weighted by atomic mass is 10.2. The molecule has 1 aromatic heterocycles. The van der Waals surface area contributed by atoms with Crippen molar-refractivity contribution in [1.82, 2.24) is 15.1 Å². The minimum Gasteiger partial charge on any atom is -0.307 e. The maximum atomic E-state index is 13.4. The van der Waals surface area contributed by atoms with Crippen LogP contribution in [0.1, 0.15) is 16.8 Å². The third-order valence-corrected chi connectivity index (χ3v) is 2.88. The number of nitrogens with one attached hydrogen (secondary N) is 1. The van der Waals surface area contributed by atoms with Gasteiger partial charge in [-0.05, 0) is 6.07 Å². The predicted octanol–water partition coefficient (Wildman–Crippen LogP) is 1.81. The standard InChI is InChI=1S/C12H11F2N3/c13-10-2-1-8(11(14)3-10)6-17-7-9-4-15-5-12(9)16-17/h1-3,7,15H,4-6H2. The lowest BCUT2D eigenvalue weighted by molar-refractivity contribution is 0.555. The Morgan fingerprint density at radius 2 is 2.18 bits per heavy atom. The number of halogens is 2. The highest BCUT2D eigenvalue weighted by molar-refractivity contribution is 5.23. The van der Waals surface area contributed by atoms with Gasteiger partial charge in [-0.15, -0.1) is 0 Å². The molecule has 1 aliphatic rings. The Bertz CT molecular complexity index is 541. The molecular weight excluding hydrogens is 224 g/mol. The quantitative estimate of drug-likeness (QED) is 0.860. The van der Waals surface area contributed by atoms with Gasteiger partial charge in [0.1, 0.15) is 11.6 Å². The van der Waals surface area contributed by atoms with Gasteiger partial charge in [0.15, 0.2) is 0 Å². The van der Waals surface area contributed by atoms with Gasteiger partial charge in [-0.1, -0.05) is 6.07 Å². The van der Waals surface area contributed by atoms with Crippen LogP contribution >= 0.6 is 0 Å². The highest BCUT2D eigenvalue weighted by atomic mass is 19.1. The third kappa shape index (κ3) is 1.93. The van der Waals surface area contributed by atoms with Crippen LogP contribution in [-0.4, -0.2) is 9.78 Å². The summed E-state index contributed by atoms with van der Waals surface area (Å²) in [5.41, 5.74) is 2.60. The first-order chi connectivity index (χ1) is 8.22. The molecule has 0 amide bonds. The van der Waals surface area contributed by atoms with Crippen LogP contribution in [0.25, 0.3) is 0 Å². The number of benzene rings is 1. The van der Waals surface area contributed by atoms with E-state index in [1.807, 2.05) is 6.20 Å². The molecule has 2 aromatic rings. The molecular formula is C12H11F2N3. The highest BCUT2D eigenvalue weighted by Crippen LogP contribution is 2.15. The number of fused-ring (bicyclic) bond motifs is 1. The summed E-state index contributed by atoms with van der Waals surface area (Å²) in [6.45, 7) is 1.90. The minimum absolute atomic E-state index is 0.332. The number of aromatic nitrogens is 2. The minimum atomic E-state index is -0.557.